The lowest BCUT2D eigenvalue weighted by atomic mass is 9.99. The molecule has 0 saturated carbocycles. The number of carbonyl (C=O) groups is 1. The topological polar surface area (TPSA) is 41.1 Å². The summed E-state index contributed by atoms with van der Waals surface area (Å²) in [6, 6.07) is 0.290. The van der Waals surface area contributed by atoms with Crippen molar-refractivity contribution in [3.63, 3.8) is 0 Å². The van der Waals surface area contributed by atoms with E-state index in [1.54, 1.807) is 12.2 Å². The van der Waals surface area contributed by atoms with Gasteiger partial charge in [0, 0.05) is 18.5 Å². The lowest BCUT2D eigenvalue weighted by Gasteiger charge is -2.25. The van der Waals surface area contributed by atoms with Crippen LogP contribution < -0.4 is 10.6 Å². The Hall–Kier alpha value is -1.09. The maximum Gasteiger partial charge on any atom is 0.223 e. The number of nitrogens with one attached hydrogen (secondary N) is 2. The molecular formula is C13H22N2O. The van der Waals surface area contributed by atoms with Gasteiger partial charge in [-0.2, -0.15) is 0 Å². The van der Waals surface area contributed by atoms with Gasteiger partial charge in [0.05, 0.1) is 0 Å². The number of piperidine rings is 1. The molecule has 1 aliphatic heterocycles. The minimum Gasteiger partial charge on any atom is -0.352 e. The summed E-state index contributed by atoms with van der Waals surface area (Å²) < 4.78 is 0. The van der Waals surface area contributed by atoms with E-state index >= 15 is 0 Å². The molecule has 0 aromatic rings. The average Bonchev–Trinajstić information content (AvgIpc) is 2.30. The maximum atomic E-state index is 12.0. The van der Waals surface area contributed by atoms with E-state index < -0.39 is 0 Å². The number of allylic oxidation sites excluding steroid dienone is 2. The zero-order chi connectivity index (χ0) is 11.8. The van der Waals surface area contributed by atoms with Gasteiger partial charge in [0.25, 0.3) is 0 Å². The van der Waals surface area contributed by atoms with Gasteiger partial charge < -0.3 is 10.6 Å². The van der Waals surface area contributed by atoms with E-state index in [2.05, 4.69) is 23.8 Å². The summed E-state index contributed by atoms with van der Waals surface area (Å²) in [6.45, 7) is 9.32. The van der Waals surface area contributed by atoms with Crippen molar-refractivity contribution in [2.24, 2.45) is 5.92 Å². The van der Waals surface area contributed by atoms with E-state index in [9.17, 15) is 4.79 Å². The van der Waals surface area contributed by atoms with Crippen LogP contribution in [-0.4, -0.2) is 25.0 Å². The predicted octanol–water partition coefficient (Wildman–Crippen LogP) is 1.62. The van der Waals surface area contributed by atoms with E-state index in [1.807, 2.05) is 0 Å². The molecule has 1 amide bonds. The first-order valence-corrected chi connectivity index (χ1v) is 6.00. The fourth-order valence-electron chi connectivity index (χ4n) is 2.01. The predicted molar refractivity (Wildman–Crippen MR) is 67.2 cm³/mol. The van der Waals surface area contributed by atoms with E-state index in [0.717, 1.165) is 38.8 Å². The molecule has 1 aliphatic rings. The average molecular weight is 222 g/mol. The molecule has 0 aliphatic carbocycles. The molecule has 3 nitrogen and oxygen atoms in total. The molecule has 1 fully saturated rings. The van der Waals surface area contributed by atoms with Crippen LogP contribution in [0.15, 0.2) is 25.3 Å². The molecule has 16 heavy (non-hydrogen) atoms. The number of carbonyl (C=O) groups excluding carboxylic acids is 1. The molecule has 90 valence electrons. The Morgan fingerprint density at radius 3 is 2.62 bits per heavy atom. The van der Waals surface area contributed by atoms with Crippen molar-refractivity contribution < 1.29 is 4.79 Å². The van der Waals surface area contributed by atoms with Crippen LogP contribution in [0, 0.1) is 5.92 Å². The molecule has 2 N–H and O–H groups in total. The number of amides is 1. The Kier molecular flexibility index (Phi) is 5.86. The van der Waals surface area contributed by atoms with Crippen molar-refractivity contribution in [3.8, 4) is 0 Å². The van der Waals surface area contributed by atoms with Gasteiger partial charge in [-0.25, -0.2) is 0 Å². The van der Waals surface area contributed by atoms with Crippen LogP contribution >= 0.6 is 0 Å². The highest BCUT2D eigenvalue weighted by molar-refractivity contribution is 5.79. The zero-order valence-electron chi connectivity index (χ0n) is 9.87. The van der Waals surface area contributed by atoms with Crippen LogP contribution in [0.4, 0.5) is 0 Å². The summed E-state index contributed by atoms with van der Waals surface area (Å²) in [5.74, 6) is 0.130. The van der Waals surface area contributed by atoms with Crippen LogP contribution in [0.5, 0.6) is 0 Å². The highest BCUT2D eigenvalue weighted by atomic mass is 16.1. The summed E-state index contributed by atoms with van der Waals surface area (Å²) in [4.78, 5) is 12.0. The van der Waals surface area contributed by atoms with Gasteiger partial charge in [0.15, 0.2) is 0 Å². The Morgan fingerprint density at radius 1 is 1.44 bits per heavy atom. The second-order valence-corrected chi connectivity index (χ2v) is 4.30. The number of hydrogen-bond donors (Lipinski definition) is 2. The summed E-state index contributed by atoms with van der Waals surface area (Å²) in [7, 11) is 0. The van der Waals surface area contributed by atoms with Crippen molar-refractivity contribution in [1.29, 1.82) is 0 Å². The molecule has 1 saturated heterocycles. The van der Waals surface area contributed by atoms with Crippen molar-refractivity contribution >= 4 is 5.91 Å². The molecule has 0 bridgehead atoms. The molecular weight excluding hydrogens is 200 g/mol. The molecule has 0 aromatic heterocycles. The first-order chi connectivity index (χ1) is 7.77. The fourth-order valence-corrected chi connectivity index (χ4v) is 2.01. The van der Waals surface area contributed by atoms with Gasteiger partial charge in [0.2, 0.25) is 5.91 Å². The summed E-state index contributed by atoms with van der Waals surface area (Å²) >= 11 is 0. The first kappa shape index (κ1) is 13.0. The third-order valence-electron chi connectivity index (χ3n) is 2.92. The SMILES string of the molecule is C=CCC(CC=C)C(=O)NC1CCCNC1. The zero-order valence-corrected chi connectivity index (χ0v) is 9.87. The third-order valence-corrected chi connectivity index (χ3v) is 2.92. The molecule has 0 radical (unpaired) electrons. The highest BCUT2D eigenvalue weighted by Gasteiger charge is 2.20. The second kappa shape index (κ2) is 7.23. The van der Waals surface area contributed by atoms with Crippen molar-refractivity contribution in [2.45, 2.75) is 31.7 Å². The van der Waals surface area contributed by atoms with Crippen molar-refractivity contribution in [2.75, 3.05) is 13.1 Å². The van der Waals surface area contributed by atoms with Crippen LogP contribution in [0.3, 0.4) is 0 Å². The molecule has 3 heteroatoms. The van der Waals surface area contributed by atoms with E-state index in [-0.39, 0.29) is 11.8 Å². The van der Waals surface area contributed by atoms with Gasteiger partial charge >= 0.3 is 0 Å². The summed E-state index contributed by atoms with van der Waals surface area (Å²) in [5.41, 5.74) is 0. The Bertz CT molecular complexity index is 234. The molecule has 1 unspecified atom stereocenters. The Morgan fingerprint density at radius 2 is 2.12 bits per heavy atom. The van der Waals surface area contributed by atoms with E-state index in [0.29, 0.717) is 6.04 Å². The normalized spacial score (nSPS) is 20.4. The quantitative estimate of drug-likeness (QED) is 0.671. The molecule has 1 atom stereocenters. The van der Waals surface area contributed by atoms with Crippen LogP contribution in [-0.2, 0) is 4.79 Å². The molecule has 1 heterocycles. The first-order valence-electron chi connectivity index (χ1n) is 6.00. The van der Waals surface area contributed by atoms with Gasteiger partial charge in [-0.05, 0) is 32.2 Å². The van der Waals surface area contributed by atoms with Gasteiger partial charge in [-0.3, -0.25) is 4.79 Å². The lowest BCUT2D eigenvalue weighted by molar-refractivity contribution is -0.125. The molecule has 0 spiro atoms. The molecule has 0 aromatic carbocycles. The van der Waals surface area contributed by atoms with Crippen LogP contribution in [0.25, 0.3) is 0 Å². The minimum atomic E-state index is -0.00285. The van der Waals surface area contributed by atoms with Gasteiger partial charge in [0.1, 0.15) is 0 Å². The van der Waals surface area contributed by atoms with Crippen LogP contribution in [0.1, 0.15) is 25.7 Å². The van der Waals surface area contributed by atoms with E-state index in [4.69, 9.17) is 0 Å². The smallest absolute Gasteiger partial charge is 0.223 e. The standard InChI is InChI=1S/C13H22N2O/c1-3-6-11(7-4-2)13(16)15-12-8-5-9-14-10-12/h3-4,11-12,14H,1-2,5-10H2,(H,15,16). The third kappa shape index (κ3) is 4.19. The lowest BCUT2D eigenvalue weighted by Crippen LogP contribution is -2.47. The number of rotatable bonds is 6. The van der Waals surface area contributed by atoms with Gasteiger partial charge in [-0.1, -0.05) is 12.2 Å². The minimum absolute atomic E-state index is 0.00285. The fraction of sp³-hybridized carbons (Fsp3) is 0.615. The highest BCUT2D eigenvalue weighted by Crippen LogP contribution is 2.11. The summed E-state index contributed by atoms with van der Waals surface area (Å²) in [6.07, 6.45) is 7.25. The number of hydrogen-bond acceptors (Lipinski definition) is 2. The monoisotopic (exact) mass is 222 g/mol. The summed E-state index contributed by atoms with van der Waals surface area (Å²) in [5, 5.41) is 6.38. The van der Waals surface area contributed by atoms with Crippen LogP contribution in [0.2, 0.25) is 0 Å². The second-order valence-electron chi connectivity index (χ2n) is 4.30. The Balaban J connectivity index is 2.39. The van der Waals surface area contributed by atoms with Gasteiger partial charge in [-0.15, -0.1) is 13.2 Å². The van der Waals surface area contributed by atoms with E-state index in [1.165, 1.54) is 0 Å². The maximum absolute atomic E-state index is 12.0. The Labute approximate surface area is 98.0 Å². The van der Waals surface area contributed by atoms with Crippen molar-refractivity contribution in [1.82, 2.24) is 10.6 Å². The largest absolute Gasteiger partial charge is 0.352 e. The molecule has 1 rings (SSSR count). The van der Waals surface area contributed by atoms with Crippen molar-refractivity contribution in [3.05, 3.63) is 25.3 Å².